The Bertz CT molecular complexity index is 577. The van der Waals surface area contributed by atoms with Crippen molar-refractivity contribution in [3.63, 3.8) is 0 Å². The van der Waals surface area contributed by atoms with E-state index >= 15 is 0 Å². The number of rotatable bonds is 5. The highest BCUT2D eigenvalue weighted by Gasteiger charge is 2.13. The van der Waals surface area contributed by atoms with Gasteiger partial charge in [-0.1, -0.05) is 24.3 Å². The summed E-state index contributed by atoms with van der Waals surface area (Å²) < 4.78 is 0. The zero-order chi connectivity index (χ0) is 13.8. The molecule has 1 aromatic carbocycles. The van der Waals surface area contributed by atoms with E-state index in [0.717, 1.165) is 11.3 Å². The van der Waals surface area contributed by atoms with Gasteiger partial charge in [0, 0.05) is 22.2 Å². The van der Waals surface area contributed by atoms with Crippen LogP contribution in [0.2, 0.25) is 0 Å². The molecule has 0 radical (unpaired) electrons. The molecule has 1 aromatic heterocycles. The van der Waals surface area contributed by atoms with Gasteiger partial charge in [0.1, 0.15) is 0 Å². The van der Waals surface area contributed by atoms with E-state index < -0.39 is 12.0 Å². The van der Waals surface area contributed by atoms with Crippen molar-refractivity contribution in [1.82, 2.24) is 0 Å². The molecule has 19 heavy (non-hydrogen) atoms. The Hall–Kier alpha value is -1.65. The lowest BCUT2D eigenvalue weighted by molar-refractivity contribution is -0.137. The number of aryl methyl sites for hydroxylation is 1. The summed E-state index contributed by atoms with van der Waals surface area (Å²) in [5.41, 5.74) is 8.43. The zero-order valence-corrected chi connectivity index (χ0v) is 11.6. The number of benzene rings is 1. The predicted octanol–water partition coefficient (Wildman–Crippen LogP) is 3.12. The quantitative estimate of drug-likeness (QED) is 0.881. The second-order valence-corrected chi connectivity index (χ2v) is 5.81. The number of carbonyl (C=O) groups is 1. The van der Waals surface area contributed by atoms with Gasteiger partial charge in [0.05, 0.1) is 6.42 Å². The van der Waals surface area contributed by atoms with Crippen LogP contribution in [-0.4, -0.2) is 11.1 Å². The number of carboxylic acid groups (broad SMARTS) is 1. The molecular weight excluding hydrogens is 258 g/mol. The monoisotopic (exact) mass is 275 g/mol. The van der Waals surface area contributed by atoms with Gasteiger partial charge in [0.2, 0.25) is 0 Å². The highest BCUT2D eigenvalue weighted by Crippen LogP contribution is 2.26. The summed E-state index contributed by atoms with van der Waals surface area (Å²) in [6.07, 6.45) is 0.849. The van der Waals surface area contributed by atoms with Crippen LogP contribution in [0.3, 0.4) is 0 Å². The van der Waals surface area contributed by atoms with Crippen molar-refractivity contribution >= 4 is 17.3 Å². The molecule has 0 amide bonds. The van der Waals surface area contributed by atoms with Gasteiger partial charge in [-0.3, -0.25) is 4.79 Å². The highest BCUT2D eigenvalue weighted by atomic mass is 32.1. The number of aliphatic carboxylic acids is 1. The van der Waals surface area contributed by atoms with Crippen LogP contribution < -0.4 is 5.73 Å². The molecule has 0 saturated carbocycles. The molecule has 0 aliphatic rings. The van der Waals surface area contributed by atoms with Gasteiger partial charge in [0.25, 0.3) is 0 Å². The normalized spacial score (nSPS) is 12.3. The van der Waals surface area contributed by atoms with Crippen LogP contribution in [0.15, 0.2) is 36.4 Å². The van der Waals surface area contributed by atoms with Gasteiger partial charge in [-0.05, 0) is 30.2 Å². The van der Waals surface area contributed by atoms with Crippen molar-refractivity contribution < 1.29 is 9.90 Å². The van der Waals surface area contributed by atoms with E-state index in [2.05, 4.69) is 19.1 Å². The van der Waals surface area contributed by atoms with Gasteiger partial charge >= 0.3 is 5.97 Å². The van der Waals surface area contributed by atoms with Crippen LogP contribution in [0.4, 0.5) is 0 Å². The van der Waals surface area contributed by atoms with Crippen molar-refractivity contribution in [3.8, 4) is 0 Å². The average molecular weight is 275 g/mol. The van der Waals surface area contributed by atoms with Gasteiger partial charge in [0.15, 0.2) is 0 Å². The van der Waals surface area contributed by atoms with Gasteiger partial charge in [-0.2, -0.15) is 0 Å². The lowest BCUT2D eigenvalue weighted by atomic mass is 10.1. The molecule has 0 bridgehead atoms. The van der Waals surface area contributed by atoms with Crippen LogP contribution in [0.1, 0.15) is 33.3 Å². The number of carboxylic acids is 1. The first-order valence-electron chi connectivity index (χ1n) is 6.16. The fraction of sp³-hybridized carbons (Fsp3) is 0.267. The van der Waals surface area contributed by atoms with E-state index in [1.165, 1.54) is 16.0 Å². The molecule has 1 atom stereocenters. The highest BCUT2D eigenvalue weighted by molar-refractivity contribution is 7.12. The molecule has 0 aliphatic heterocycles. The maximum atomic E-state index is 10.7. The summed E-state index contributed by atoms with van der Waals surface area (Å²) in [5.74, 6) is -0.860. The molecule has 2 aromatic rings. The Kier molecular flexibility index (Phi) is 4.35. The largest absolute Gasteiger partial charge is 0.481 e. The van der Waals surface area contributed by atoms with Crippen LogP contribution >= 0.6 is 11.3 Å². The van der Waals surface area contributed by atoms with Crippen molar-refractivity contribution in [2.45, 2.75) is 25.8 Å². The molecule has 1 heterocycles. The average Bonchev–Trinajstić information content (AvgIpc) is 2.80. The minimum Gasteiger partial charge on any atom is -0.481 e. The molecule has 4 heteroatoms. The first-order valence-corrected chi connectivity index (χ1v) is 6.98. The molecule has 2 rings (SSSR count). The summed E-state index contributed by atoms with van der Waals surface area (Å²) in [6.45, 7) is 2.10. The topological polar surface area (TPSA) is 63.3 Å². The lowest BCUT2D eigenvalue weighted by Gasteiger charge is -2.05. The van der Waals surface area contributed by atoms with E-state index in [1.807, 2.05) is 24.3 Å². The molecule has 3 nitrogen and oxygen atoms in total. The summed E-state index contributed by atoms with van der Waals surface area (Å²) >= 11 is 1.60. The Labute approximate surface area is 116 Å². The first-order chi connectivity index (χ1) is 9.06. The molecular formula is C15H17NO2S. The van der Waals surface area contributed by atoms with Gasteiger partial charge < -0.3 is 10.8 Å². The third kappa shape index (κ3) is 3.66. The smallest absolute Gasteiger partial charge is 0.305 e. The fourth-order valence-corrected chi connectivity index (χ4v) is 3.01. The molecule has 0 aliphatic carbocycles. The fourth-order valence-electron chi connectivity index (χ4n) is 1.97. The van der Waals surface area contributed by atoms with Gasteiger partial charge in [-0.25, -0.2) is 0 Å². The van der Waals surface area contributed by atoms with Crippen LogP contribution in [0, 0.1) is 6.92 Å². The molecule has 3 N–H and O–H groups in total. The maximum Gasteiger partial charge on any atom is 0.305 e. The van der Waals surface area contributed by atoms with Crippen molar-refractivity contribution in [3.05, 3.63) is 57.3 Å². The number of thiophene rings is 1. The van der Waals surface area contributed by atoms with Gasteiger partial charge in [-0.15, -0.1) is 11.3 Å². The molecule has 0 saturated heterocycles. The number of hydrogen-bond donors (Lipinski definition) is 2. The second kappa shape index (κ2) is 5.99. The molecule has 0 unspecified atom stereocenters. The van der Waals surface area contributed by atoms with E-state index in [1.54, 1.807) is 11.3 Å². The zero-order valence-electron chi connectivity index (χ0n) is 10.8. The Morgan fingerprint density at radius 3 is 2.74 bits per heavy atom. The third-order valence-corrected chi connectivity index (χ3v) is 4.29. The predicted molar refractivity (Wildman–Crippen MR) is 77.5 cm³/mol. The van der Waals surface area contributed by atoms with Crippen LogP contribution in [-0.2, 0) is 11.2 Å². The van der Waals surface area contributed by atoms with Crippen LogP contribution in [0.25, 0.3) is 0 Å². The third-order valence-electron chi connectivity index (χ3n) is 3.07. The minimum absolute atomic E-state index is 0.0235. The Balaban J connectivity index is 2.09. The number of hydrogen-bond acceptors (Lipinski definition) is 3. The summed E-state index contributed by atoms with van der Waals surface area (Å²) in [5, 5.41) is 8.75. The van der Waals surface area contributed by atoms with E-state index in [-0.39, 0.29) is 6.42 Å². The molecule has 100 valence electrons. The van der Waals surface area contributed by atoms with E-state index in [9.17, 15) is 4.79 Å². The van der Waals surface area contributed by atoms with Crippen molar-refractivity contribution in [1.29, 1.82) is 0 Å². The van der Waals surface area contributed by atoms with Crippen molar-refractivity contribution in [2.24, 2.45) is 5.73 Å². The van der Waals surface area contributed by atoms with E-state index in [4.69, 9.17) is 10.8 Å². The van der Waals surface area contributed by atoms with Crippen molar-refractivity contribution in [2.75, 3.05) is 0 Å². The second-order valence-electron chi connectivity index (χ2n) is 4.61. The summed E-state index contributed by atoms with van der Waals surface area (Å²) in [4.78, 5) is 12.8. The summed E-state index contributed by atoms with van der Waals surface area (Å²) in [7, 11) is 0. The SMILES string of the molecule is Cc1ccccc1Cc1ccc([C@@H](N)CC(=O)O)s1. The standard InChI is InChI=1S/C15H17NO2S/c1-10-4-2-3-5-11(10)8-12-6-7-14(19-12)13(16)9-15(17)18/h2-7,13H,8-9,16H2,1H3,(H,17,18)/t13-/m0/s1. The Morgan fingerprint density at radius 2 is 2.05 bits per heavy atom. The Morgan fingerprint density at radius 1 is 1.32 bits per heavy atom. The van der Waals surface area contributed by atoms with E-state index in [0.29, 0.717) is 0 Å². The first kappa shape index (κ1) is 13.8. The molecule has 0 spiro atoms. The summed E-state index contributed by atoms with van der Waals surface area (Å²) in [6, 6.07) is 11.8. The van der Waals surface area contributed by atoms with Crippen LogP contribution in [0.5, 0.6) is 0 Å². The lowest BCUT2D eigenvalue weighted by Crippen LogP contribution is -2.13. The molecule has 0 fully saturated rings. The maximum absolute atomic E-state index is 10.7. The number of nitrogens with two attached hydrogens (primary N) is 1. The minimum atomic E-state index is -0.860.